The summed E-state index contributed by atoms with van der Waals surface area (Å²) in [4.78, 5) is 25.8. The quantitative estimate of drug-likeness (QED) is 0.664. The van der Waals surface area contributed by atoms with E-state index < -0.39 is 17.6 Å². The van der Waals surface area contributed by atoms with Crippen LogP contribution in [0.3, 0.4) is 0 Å². The molecule has 2 aliphatic heterocycles. The van der Waals surface area contributed by atoms with E-state index in [0.717, 1.165) is 23.4 Å². The zero-order valence-corrected chi connectivity index (χ0v) is 19.4. The van der Waals surface area contributed by atoms with Crippen LogP contribution in [0.25, 0.3) is 0 Å². The minimum atomic E-state index is -3.33. The third-order valence-corrected chi connectivity index (χ3v) is 7.19. The van der Waals surface area contributed by atoms with E-state index in [1.807, 2.05) is 0 Å². The molecule has 0 aliphatic carbocycles. The minimum Gasteiger partial charge on any atom is -0.431 e. The first-order valence-electron chi connectivity index (χ1n) is 9.88. The van der Waals surface area contributed by atoms with E-state index in [2.05, 4.69) is 33.9 Å². The SMILES string of the molecule is CC(F)(F)Oc1ccc(C(=O)Nc2csc([C@]34COC(C)(C)C[C@H]3CSC(N)=N4)n2)nc1. The number of hydrogen-bond acceptors (Lipinski definition) is 9. The smallest absolute Gasteiger partial charge is 0.394 e. The van der Waals surface area contributed by atoms with Crippen molar-refractivity contribution in [3.8, 4) is 5.75 Å². The summed E-state index contributed by atoms with van der Waals surface area (Å²) in [5.41, 5.74) is 5.15. The fraction of sp³-hybridized carbons (Fsp3) is 0.500. The minimum absolute atomic E-state index is 0.0430. The second-order valence-corrected chi connectivity index (χ2v) is 10.3. The summed E-state index contributed by atoms with van der Waals surface area (Å²) in [7, 11) is 0. The number of thiazole rings is 1. The zero-order chi connectivity index (χ0) is 23.1. The molecule has 0 bridgehead atoms. The Bertz CT molecular complexity index is 1040. The number of carbonyl (C=O) groups is 1. The second kappa shape index (κ2) is 8.23. The Labute approximate surface area is 192 Å². The van der Waals surface area contributed by atoms with Gasteiger partial charge < -0.3 is 20.5 Å². The van der Waals surface area contributed by atoms with Gasteiger partial charge >= 0.3 is 6.11 Å². The highest BCUT2D eigenvalue weighted by Crippen LogP contribution is 2.49. The van der Waals surface area contributed by atoms with Crippen molar-refractivity contribution >= 4 is 40.0 Å². The number of carbonyl (C=O) groups excluding carboxylic acids is 1. The molecule has 0 spiro atoms. The molecule has 2 atom stereocenters. The molecule has 1 saturated heterocycles. The Hall–Kier alpha value is -2.31. The summed E-state index contributed by atoms with van der Waals surface area (Å²) in [6.07, 6.45) is -1.45. The number of amides is 1. The van der Waals surface area contributed by atoms with Gasteiger partial charge in [0.05, 0.1) is 18.4 Å². The number of alkyl halides is 2. The summed E-state index contributed by atoms with van der Waals surface area (Å²) < 4.78 is 36.4. The third-order valence-electron chi connectivity index (χ3n) is 5.22. The number of thioether (sulfide) groups is 1. The Morgan fingerprint density at radius 1 is 1.41 bits per heavy atom. The lowest BCUT2D eigenvalue weighted by atomic mass is 9.77. The number of fused-ring (bicyclic) bond motifs is 1. The van der Waals surface area contributed by atoms with Crippen molar-refractivity contribution in [3.63, 3.8) is 0 Å². The number of amidine groups is 1. The Kier molecular flexibility index (Phi) is 5.88. The normalized spacial score (nSPS) is 24.9. The first-order chi connectivity index (χ1) is 15.0. The molecule has 0 unspecified atom stereocenters. The first kappa shape index (κ1) is 22.9. The van der Waals surface area contributed by atoms with Gasteiger partial charge in [0, 0.05) is 24.0 Å². The molecule has 172 valence electrons. The number of aliphatic imine (C=N–C) groups is 1. The third kappa shape index (κ3) is 4.86. The predicted molar refractivity (Wildman–Crippen MR) is 119 cm³/mol. The van der Waals surface area contributed by atoms with Crippen molar-refractivity contribution < 1.29 is 23.0 Å². The van der Waals surface area contributed by atoms with E-state index in [0.29, 0.717) is 24.5 Å². The second-order valence-electron chi connectivity index (χ2n) is 8.42. The molecule has 2 aliphatic rings. The van der Waals surface area contributed by atoms with Crippen LogP contribution in [0.15, 0.2) is 28.7 Å². The highest BCUT2D eigenvalue weighted by molar-refractivity contribution is 8.13. The maximum atomic E-state index is 12.9. The van der Waals surface area contributed by atoms with Gasteiger partial charge in [-0.1, -0.05) is 11.8 Å². The molecule has 8 nitrogen and oxygen atoms in total. The molecule has 0 radical (unpaired) electrons. The average molecular weight is 484 g/mol. The Morgan fingerprint density at radius 3 is 2.88 bits per heavy atom. The van der Waals surface area contributed by atoms with E-state index in [1.165, 1.54) is 35.2 Å². The highest BCUT2D eigenvalue weighted by Gasteiger charge is 2.52. The van der Waals surface area contributed by atoms with Crippen LogP contribution in [-0.2, 0) is 10.3 Å². The van der Waals surface area contributed by atoms with Crippen molar-refractivity contribution in [1.29, 1.82) is 0 Å². The lowest BCUT2D eigenvalue weighted by molar-refractivity contribution is -0.159. The van der Waals surface area contributed by atoms with E-state index in [9.17, 15) is 13.6 Å². The lowest BCUT2D eigenvalue weighted by Gasteiger charge is -2.47. The van der Waals surface area contributed by atoms with Crippen molar-refractivity contribution in [2.24, 2.45) is 16.6 Å². The number of halogens is 2. The summed E-state index contributed by atoms with van der Waals surface area (Å²) in [6.45, 7) is 5.10. The van der Waals surface area contributed by atoms with Gasteiger partial charge in [-0.15, -0.1) is 11.3 Å². The number of anilines is 1. The number of ether oxygens (including phenoxy) is 2. The predicted octanol–water partition coefficient (Wildman–Crippen LogP) is 3.85. The van der Waals surface area contributed by atoms with Crippen molar-refractivity contribution in [2.75, 3.05) is 17.7 Å². The molecule has 32 heavy (non-hydrogen) atoms. The molecule has 2 aromatic rings. The molecule has 4 rings (SSSR count). The molecule has 0 aromatic carbocycles. The molecular weight excluding hydrogens is 460 g/mol. The number of rotatable bonds is 5. The molecular formula is C20H23F2N5O3S2. The van der Waals surface area contributed by atoms with Crippen LogP contribution in [0, 0.1) is 5.92 Å². The summed E-state index contributed by atoms with van der Waals surface area (Å²) >= 11 is 2.91. The summed E-state index contributed by atoms with van der Waals surface area (Å²) in [6, 6.07) is 2.56. The largest absolute Gasteiger partial charge is 0.431 e. The molecule has 1 fully saturated rings. The number of aromatic nitrogens is 2. The highest BCUT2D eigenvalue weighted by atomic mass is 32.2. The van der Waals surface area contributed by atoms with E-state index in [-0.39, 0.29) is 23.0 Å². The maximum Gasteiger partial charge on any atom is 0.394 e. The van der Waals surface area contributed by atoms with Crippen LogP contribution >= 0.6 is 23.1 Å². The fourth-order valence-corrected chi connectivity index (χ4v) is 5.71. The van der Waals surface area contributed by atoms with E-state index in [4.69, 9.17) is 15.5 Å². The van der Waals surface area contributed by atoms with Gasteiger partial charge in [0.2, 0.25) is 0 Å². The molecule has 0 saturated carbocycles. The van der Waals surface area contributed by atoms with Crippen molar-refractivity contribution in [1.82, 2.24) is 9.97 Å². The topological polar surface area (TPSA) is 112 Å². The number of nitrogens with two attached hydrogens (primary N) is 1. The number of nitrogens with one attached hydrogen (secondary N) is 1. The molecule has 2 aromatic heterocycles. The molecule has 4 heterocycles. The monoisotopic (exact) mass is 483 g/mol. The number of nitrogens with zero attached hydrogens (tertiary/aromatic N) is 3. The van der Waals surface area contributed by atoms with Gasteiger partial charge in [-0.3, -0.25) is 4.79 Å². The molecule has 1 amide bonds. The number of pyridine rings is 1. The van der Waals surface area contributed by atoms with E-state index in [1.54, 1.807) is 5.38 Å². The van der Waals surface area contributed by atoms with Crippen LogP contribution in [0.5, 0.6) is 5.75 Å². The first-order valence-corrected chi connectivity index (χ1v) is 11.7. The fourth-order valence-electron chi connectivity index (χ4n) is 3.76. The maximum absolute atomic E-state index is 12.9. The van der Waals surface area contributed by atoms with Crippen LogP contribution in [0.2, 0.25) is 0 Å². The molecule has 12 heteroatoms. The van der Waals surface area contributed by atoms with Crippen LogP contribution in [0.4, 0.5) is 14.6 Å². The summed E-state index contributed by atoms with van der Waals surface area (Å²) in [5.74, 6) is 0.708. The van der Waals surface area contributed by atoms with Gasteiger partial charge in [-0.05, 0) is 32.4 Å². The Morgan fingerprint density at radius 2 is 2.19 bits per heavy atom. The average Bonchev–Trinajstić information content (AvgIpc) is 3.16. The van der Waals surface area contributed by atoms with E-state index >= 15 is 0 Å². The van der Waals surface area contributed by atoms with Gasteiger partial charge in [-0.25, -0.2) is 15.0 Å². The van der Waals surface area contributed by atoms with Crippen LogP contribution in [0.1, 0.15) is 42.7 Å². The number of hydrogen-bond donors (Lipinski definition) is 2. The Balaban J connectivity index is 1.51. The van der Waals surface area contributed by atoms with Gasteiger partial charge in [-0.2, -0.15) is 8.78 Å². The molecule has 3 N–H and O–H groups in total. The summed E-state index contributed by atoms with van der Waals surface area (Å²) in [5, 5.41) is 5.63. The standard InChI is InChI=1S/C20H23F2N5O3S2/c1-18(2)6-11-8-32-17(23)27-20(11,10-29-18)16-26-14(9-31-16)25-15(28)13-5-4-12(7-24-13)30-19(3,21)22/h4-5,7,9,11H,6,8,10H2,1-3H3,(H2,23,27)(H,25,28)/t11-,20-/m0/s1. The zero-order valence-electron chi connectivity index (χ0n) is 17.7. The van der Waals surface area contributed by atoms with Crippen molar-refractivity contribution in [3.05, 3.63) is 34.4 Å². The van der Waals surface area contributed by atoms with Crippen molar-refractivity contribution in [2.45, 2.75) is 44.4 Å². The van der Waals surface area contributed by atoms with Crippen LogP contribution < -0.4 is 15.8 Å². The lowest BCUT2D eigenvalue weighted by Crippen LogP contribution is -2.52. The van der Waals surface area contributed by atoms with Gasteiger partial charge in [0.25, 0.3) is 5.91 Å². The van der Waals surface area contributed by atoms with Gasteiger partial charge in [0.1, 0.15) is 27.8 Å². The van der Waals surface area contributed by atoms with Crippen LogP contribution in [-0.4, -0.2) is 45.1 Å². The van der Waals surface area contributed by atoms with Gasteiger partial charge in [0.15, 0.2) is 5.17 Å².